The van der Waals surface area contributed by atoms with Crippen molar-refractivity contribution < 1.29 is 13.2 Å². The fourth-order valence-electron chi connectivity index (χ4n) is 1.57. The number of rotatable bonds is 6. The first-order valence-corrected chi connectivity index (χ1v) is 7.14. The molecule has 1 atom stereocenters. The molecule has 15 heavy (non-hydrogen) atoms. The standard InChI is InChI=1S/C10H19NO3S/c1-3-15(13,14)7-6-9(12)10(2,11)8-4-5-8/h8H,3-7,11H2,1-2H3. The first kappa shape index (κ1) is 12.6. The van der Waals surface area contributed by atoms with Gasteiger partial charge in [0.25, 0.3) is 0 Å². The summed E-state index contributed by atoms with van der Waals surface area (Å²) in [7, 11) is -3.06. The summed E-state index contributed by atoms with van der Waals surface area (Å²) in [6, 6.07) is 0. The van der Waals surface area contributed by atoms with Crippen LogP contribution in [0.2, 0.25) is 0 Å². The van der Waals surface area contributed by atoms with Crippen molar-refractivity contribution in [2.45, 2.75) is 38.6 Å². The van der Waals surface area contributed by atoms with E-state index in [2.05, 4.69) is 0 Å². The minimum atomic E-state index is -3.06. The molecule has 0 saturated heterocycles. The summed E-state index contributed by atoms with van der Waals surface area (Å²) < 4.78 is 22.4. The van der Waals surface area contributed by atoms with Gasteiger partial charge in [-0.3, -0.25) is 4.79 Å². The molecule has 0 radical (unpaired) electrons. The van der Waals surface area contributed by atoms with Crippen molar-refractivity contribution in [1.29, 1.82) is 0 Å². The van der Waals surface area contributed by atoms with Gasteiger partial charge in [0.05, 0.1) is 11.3 Å². The quantitative estimate of drug-likeness (QED) is 0.725. The summed E-state index contributed by atoms with van der Waals surface area (Å²) in [5, 5.41) is 0. The second-order valence-corrected chi connectivity index (χ2v) is 6.94. The van der Waals surface area contributed by atoms with Crippen LogP contribution in [0.15, 0.2) is 0 Å². The van der Waals surface area contributed by atoms with E-state index in [4.69, 9.17) is 5.73 Å². The Morgan fingerprint density at radius 3 is 2.40 bits per heavy atom. The molecule has 0 heterocycles. The molecule has 5 heteroatoms. The fourth-order valence-corrected chi connectivity index (χ4v) is 2.36. The summed E-state index contributed by atoms with van der Waals surface area (Å²) in [4.78, 5) is 11.7. The zero-order valence-corrected chi connectivity index (χ0v) is 10.1. The predicted molar refractivity (Wildman–Crippen MR) is 59.3 cm³/mol. The van der Waals surface area contributed by atoms with Gasteiger partial charge in [0, 0.05) is 12.2 Å². The first-order valence-electron chi connectivity index (χ1n) is 5.32. The number of ketones is 1. The van der Waals surface area contributed by atoms with E-state index in [9.17, 15) is 13.2 Å². The van der Waals surface area contributed by atoms with Crippen LogP contribution in [0.1, 0.15) is 33.1 Å². The maximum atomic E-state index is 11.7. The smallest absolute Gasteiger partial charge is 0.153 e. The maximum Gasteiger partial charge on any atom is 0.153 e. The minimum Gasteiger partial charge on any atom is -0.319 e. The molecular formula is C10H19NO3S. The topological polar surface area (TPSA) is 77.2 Å². The highest BCUT2D eigenvalue weighted by atomic mass is 32.2. The third-order valence-electron chi connectivity index (χ3n) is 3.11. The lowest BCUT2D eigenvalue weighted by molar-refractivity contribution is -0.123. The Morgan fingerprint density at radius 2 is 2.00 bits per heavy atom. The monoisotopic (exact) mass is 233 g/mol. The van der Waals surface area contributed by atoms with Crippen LogP contribution in [0, 0.1) is 5.92 Å². The van der Waals surface area contributed by atoms with E-state index < -0.39 is 15.4 Å². The molecule has 0 aromatic carbocycles. The Kier molecular flexibility index (Phi) is 3.55. The fraction of sp³-hybridized carbons (Fsp3) is 0.900. The zero-order chi connectivity index (χ0) is 11.7. The van der Waals surface area contributed by atoms with E-state index in [1.165, 1.54) is 0 Å². The number of hydrogen-bond acceptors (Lipinski definition) is 4. The van der Waals surface area contributed by atoms with Crippen LogP contribution in [0.4, 0.5) is 0 Å². The van der Waals surface area contributed by atoms with Gasteiger partial charge in [-0.05, 0) is 25.7 Å². The lowest BCUT2D eigenvalue weighted by Gasteiger charge is -2.22. The van der Waals surface area contributed by atoms with Gasteiger partial charge in [-0.25, -0.2) is 8.42 Å². The van der Waals surface area contributed by atoms with Crippen LogP contribution in [-0.4, -0.2) is 31.2 Å². The zero-order valence-electron chi connectivity index (χ0n) is 9.32. The Bertz CT molecular complexity index is 342. The molecule has 1 rings (SSSR count). The van der Waals surface area contributed by atoms with Crippen molar-refractivity contribution in [1.82, 2.24) is 0 Å². The molecule has 4 nitrogen and oxygen atoms in total. The molecule has 1 saturated carbocycles. The highest BCUT2D eigenvalue weighted by Gasteiger charge is 2.43. The largest absolute Gasteiger partial charge is 0.319 e. The predicted octanol–water partition coefficient (Wildman–Crippen LogP) is 0.508. The van der Waals surface area contributed by atoms with Gasteiger partial charge < -0.3 is 5.73 Å². The van der Waals surface area contributed by atoms with Crippen molar-refractivity contribution >= 4 is 15.6 Å². The van der Waals surface area contributed by atoms with Crippen molar-refractivity contribution in [3.63, 3.8) is 0 Å². The highest BCUT2D eigenvalue weighted by Crippen LogP contribution is 2.38. The van der Waals surface area contributed by atoms with Crippen LogP contribution < -0.4 is 5.73 Å². The van der Waals surface area contributed by atoms with Gasteiger partial charge in [-0.2, -0.15) is 0 Å². The SMILES string of the molecule is CCS(=O)(=O)CCC(=O)C(C)(N)C1CC1. The van der Waals surface area contributed by atoms with Gasteiger partial charge >= 0.3 is 0 Å². The molecule has 0 bridgehead atoms. The summed E-state index contributed by atoms with van der Waals surface area (Å²) in [5.74, 6) is 0.156. The second kappa shape index (κ2) is 4.22. The Morgan fingerprint density at radius 1 is 1.47 bits per heavy atom. The van der Waals surface area contributed by atoms with Crippen LogP contribution in [-0.2, 0) is 14.6 Å². The average molecular weight is 233 g/mol. The molecule has 2 N–H and O–H groups in total. The number of hydrogen-bond donors (Lipinski definition) is 1. The second-order valence-electron chi connectivity index (χ2n) is 4.47. The Balaban J connectivity index is 2.49. The highest BCUT2D eigenvalue weighted by molar-refractivity contribution is 7.91. The van der Waals surface area contributed by atoms with E-state index in [1.54, 1.807) is 13.8 Å². The molecule has 1 aliphatic carbocycles. The normalized spacial score (nSPS) is 21.0. The van der Waals surface area contributed by atoms with E-state index >= 15 is 0 Å². The number of Topliss-reactive ketones (excluding diaryl/α,β-unsaturated/α-hetero) is 1. The molecule has 1 fully saturated rings. The van der Waals surface area contributed by atoms with Gasteiger partial charge in [-0.15, -0.1) is 0 Å². The molecule has 88 valence electrons. The molecule has 0 amide bonds. The van der Waals surface area contributed by atoms with Crippen LogP contribution in [0.3, 0.4) is 0 Å². The van der Waals surface area contributed by atoms with Crippen molar-refractivity contribution in [2.24, 2.45) is 11.7 Å². The third kappa shape index (κ3) is 3.28. The van der Waals surface area contributed by atoms with Crippen molar-refractivity contribution in [3.8, 4) is 0 Å². The first-order chi connectivity index (χ1) is 6.79. The van der Waals surface area contributed by atoms with E-state index in [0.717, 1.165) is 12.8 Å². The number of nitrogens with two attached hydrogens (primary N) is 1. The molecular weight excluding hydrogens is 214 g/mol. The maximum absolute atomic E-state index is 11.7. The number of carbonyl (C=O) groups is 1. The van der Waals surface area contributed by atoms with Crippen LogP contribution in [0.5, 0.6) is 0 Å². The third-order valence-corrected chi connectivity index (χ3v) is 4.81. The molecule has 0 aromatic rings. The number of carbonyl (C=O) groups excluding carboxylic acids is 1. The minimum absolute atomic E-state index is 0.0552. The molecule has 0 aliphatic heterocycles. The van der Waals surface area contributed by atoms with Crippen molar-refractivity contribution in [2.75, 3.05) is 11.5 Å². The van der Waals surface area contributed by atoms with Gasteiger partial charge in [0.1, 0.15) is 9.84 Å². The van der Waals surface area contributed by atoms with Crippen LogP contribution in [0.25, 0.3) is 0 Å². The molecule has 1 unspecified atom stereocenters. The molecule has 0 spiro atoms. The van der Waals surface area contributed by atoms with E-state index in [-0.39, 0.29) is 29.6 Å². The molecule has 0 aromatic heterocycles. The summed E-state index contributed by atoms with van der Waals surface area (Å²) in [6.45, 7) is 3.30. The average Bonchev–Trinajstić information content (AvgIpc) is 2.97. The number of sulfone groups is 1. The van der Waals surface area contributed by atoms with E-state index in [0.29, 0.717) is 0 Å². The van der Waals surface area contributed by atoms with Crippen molar-refractivity contribution in [3.05, 3.63) is 0 Å². The summed E-state index contributed by atoms with van der Waals surface area (Å²) >= 11 is 0. The molecule has 1 aliphatic rings. The summed E-state index contributed by atoms with van der Waals surface area (Å²) in [5.41, 5.74) is 5.08. The van der Waals surface area contributed by atoms with Crippen LogP contribution >= 0.6 is 0 Å². The van der Waals surface area contributed by atoms with Gasteiger partial charge in [-0.1, -0.05) is 6.92 Å². The summed E-state index contributed by atoms with van der Waals surface area (Å²) in [6.07, 6.45) is 2.03. The Hall–Kier alpha value is -0.420. The van der Waals surface area contributed by atoms with Gasteiger partial charge in [0.2, 0.25) is 0 Å². The van der Waals surface area contributed by atoms with E-state index in [1.807, 2.05) is 0 Å². The lowest BCUT2D eigenvalue weighted by atomic mass is 9.90. The lowest BCUT2D eigenvalue weighted by Crippen LogP contribution is -2.47. The van der Waals surface area contributed by atoms with Gasteiger partial charge in [0.15, 0.2) is 5.78 Å². The Labute approximate surface area is 91.1 Å².